The standard InChI is InChI=1S/C21H25N5O2/c27-21-24-19(18-9-6-10-22-20(18)26(21)28)23-14-16-7-5-8-17(13-16)15-25-11-3-1-2-4-12-25/h5-10,13,28H,1-4,11-12,14-15H2,(H,23,24,27). The number of fused-ring (bicyclic) bond motifs is 1. The van der Waals surface area contributed by atoms with E-state index in [-0.39, 0.29) is 5.65 Å². The first-order valence-corrected chi connectivity index (χ1v) is 9.82. The lowest BCUT2D eigenvalue weighted by Crippen LogP contribution is -2.24. The topological polar surface area (TPSA) is 83.3 Å². The molecule has 146 valence electrons. The van der Waals surface area contributed by atoms with Crippen molar-refractivity contribution in [3.05, 3.63) is 64.2 Å². The summed E-state index contributed by atoms with van der Waals surface area (Å²) in [4.78, 5) is 22.4. The number of nitrogens with one attached hydrogen (secondary N) is 1. The fourth-order valence-corrected chi connectivity index (χ4v) is 3.76. The lowest BCUT2D eigenvalue weighted by molar-refractivity contribution is 0.182. The first-order chi connectivity index (χ1) is 13.7. The maximum absolute atomic E-state index is 11.9. The summed E-state index contributed by atoms with van der Waals surface area (Å²) in [5.74, 6) is 0.427. The van der Waals surface area contributed by atoms with Gasteiger partial charge in [0.1, 0.15) is 5.82 Å². The molecule has 1 aromatic carbocycles. The highest BCUT2D eigenvalue weighted by Crippen LogP contribution is 2.18. The van der Waals surface area contributed by atoms with Gasteiger partial charge in [-0.3, -0.25) is 4.90 Å². The van der Waals surface area contributed by atoms with Crippen LogP contribution in [-0.4, -0.2) is 37.9 Å². The van der Waals surface area contributed by atoms with Gasteiger partial charge >= 0.3 is 5.69 Å². The summed E-state index contributed by atoms with van der Waals surface area (Å²) < 4.78 is 0.475. The van der Waals surface area contributed by atoms with E-state index in [2.05, 4.69) is 44.5 Å². The fourth-order valence-electron chi connectivity index (χ4n) is 3.76. The maximum Gasteiger partial charge on any atom is 0.384 e. The van der Waals surface area contributed by atoms with Crippen molar-refractivity contribution in [3.63, 3.8) is 0 Å². The van der Waals surface area contributed by atoms with Gasteiger partial charge in [-0.05, 0) is 49.2 Å². The minimum atomic E-state index is -0.747. The number of likely N-dealkylation sites (tertiary alicyclic amines) is 1. The van der Waals surface area contributed by atoms with Crippen LogP contribution >= 0.6 is 0 Å². The molecule has 0 atom stereocenters. The van der Waals surface area contributed by atoms with Gasteiger partial charge in [0.15, 0.2) is 5.65 Å². The van der Waals surface area contributed by atoms with Crippen LogP contribution in [0.3, 0.4) is 0 Å². The van der Waals surface area contributed by atoms with Crippen LogP contribution in [0.5, 0.6) is 0 Å². The van der Waals surface area contributed by atoms with Crippen LogP contribution in [0.25, 0.3) is 11.0 Å². The molecule has 1 saturated heterocycles. The number of hydrogen-bond donors (Lipinski definition) is 2. The molecule has 7 heteroatoms. The van der Waals surface area contributed by atoms with E-state index in [1.54, 1.807) is 12.1 Å². The lowest BCUT2D eigenvalue weighted by Gasteiger charge is -2.20. The SMILES string of the molecule is O=c1nc(NCc2cccc(CN3CCCCCC3)c2)c2cccnc2n1O. The van der Waals surface area contributed by atoms with Gasteiger partial charge < -0.3 is 10.5 Å². The first kappa shape index (κ1) is 18.4. The van der Waals surface area contributed by atoms with E-state index in [4.69, 9.17) is 0 Å². The van der Waals surface area contributed by atoms with Crippen LogP contribution in [-0.2, 0) is 13.1 Å². The van der Waals surface area contributed by atoms with Gasteiger partial charge in [0.2, 0.25) is 0 Å². The predicted molar refractivity (Wildman–Crippen MR) is 108 cm³/mol. The van der Waals surface area contributed by atoms with E-state index in [0.717, 1.165) is 12.1 Å². The minimum Gasteiger partial charge on any atom is -0.422 e. The maximum atomic E-state index is 11.9. The van der Waals surface area contributed by atoms with Gasteiger partial charge in [0.25, 0.3) is 0 Å². The van der Waals surface area contributed by atoms with Crippen molar-refractivity contribution in [2.45, 2.75) is 38.8 Å². The second kappa shape index (κ2) is 8.39. The molecular formula is C21H25N5O2. The molecule has 0 unspecified atom stereocenters. The summed E-state index contributed by atoms with van der Waals surface area (Å²) in [7, 11) is 0. The highest BCUT2D eigenvalue weighted by atomic mass is 16.5. The molecular weight excluding hydrogens is 354 g/mol. The number of pyridine rings is 1. The normalized spacial score (nSPS) is 15.4. The highest BCUT2D eigenvalue weighted by molar-refractivity contribution is 5.86. The zero-order valence-electron chi connectivity index (χ0n) is 15.8. The van der Waals surface area contributed by atoms with Gasteiger partial charge in [0.05, 0.1) is 5.39 Å². The molecule has 2 N–H and O–H groups in total. The van der Waals surface area contributed by atoms with Gasteiger partial charge in [0, 0.05) is 19.3 Å². The molecule has 3 aromatic rings. The van der Waals surface area contributed by atoms with Crippen LogP contribution in [0.2, 0.25) is 0 Å². The van der Waals surface area contributed by atoms with Crippen LogP contribution in [0.15, 0.2) is 47.4 Å². The Kier molecular flexibility index (Phi) is 5.53. The van der Waals surface area contributed by atoms with Crippen molar-refractivity contribution in [1.29, 1.82) is 0 Å². The molecule has 0 saturated carbocycles. The molecule has 0 spiro atoms. The molecule has 28 heavy (non-hydrogen) atoms. The summed E-state index contributed by atoms with van der Waals surface area (Å²) in [6.07, 6.45) is 6.77. The van der Waals surface area contributed by atoms with Gasteiger partial charge in [-0.15, -0.1) is 4.73 Å². The van der Waals surface area contributed by atoms with E-state index in [1.807, 2.05) is 0 Å². The largest absolute Gasteiger partial charge is 0.422 e. The Bertz CT molecular complexity index is 1010. The average molecular weight is 379 g/mol. The number of aromatic nitrogens is 3. The van der Waals surface area contributed by atoms with Crippen molar-refractivity contribution in [3.8, 4) is 0 Å². The Morgan fingerprint density at radius 1 is 1.04 bits per heavy atom. The zero-order chi connectivity index (χ0) is 19.3. The van der Waals surface area contributed by atoms with E-state index >= 15 is 0 Å². The van der Waals surface area contributed by atoms with Crippen LogP contribution in [0.4, 0.5) is 5.82 Å². The Morgan fingerprint density at radius 3 is 2.64 bits per heavy atom. The van der Waals surface area contributed by atoms with Crippen LogP contribution < -0.4 is 11.0 Å². The molecule has 0 amide bonds. The van der Waals surface area contributed by atoms with E-state index in [9.17, 15) is 10.0 Å². The van der Waals surface area contributed by atoms with Crippen molar-refractivity contribution in [1.82, 2.24) is 19.6 Å². The third-order valence-corrected chi connectivity index (χ3v) is 5.19. The molecule has 3 heterocycles. The van der Waals surface area contributed by atoms with Gasteiger partial charge in [-0.25, -0.2) is 9.78 Å². The third kappa shape index (κ3) is 4.14. The van der Waals surface area contributed by atoms with Crippen molar-refractivity contribution in [2.75, 3.05) is 18.4 Å². The predicted octanol–water partition coefficient (Wildman–Crippen LogP) is 3.02. The van der Waals surface area contributed by atoms with Crippen LogP contribution in [0.1, 0.15) is 36.8 Å². The third-order valence-electron chi connectivity index (χ3n) is 5.19. The average Bonchev–Trinajstić information content (AvgIpc) is 2.99. The summed E-state index contributed by atoms with van der Waals surface area (Å²) in [5, 5.41) is 13.7. The Morgan fingerprint density at radius 2 is 1.82 bits per heavy atom. The summed E-state index contributed by atoms with van der Waals surface area (Å²) in [6.45, 7) is 3.85. The number of nitrogens with zero attached hydrogens (tertiary/aromatic N) is 4. The molecule has 1 aliphatic rings. The fraction of sp³-hybridized carbons (Fsp3) is 0.381. The van der Waals surface area contributed by atoms with Crippen molar-refractivity contribution >= 4 is 16.9 Å². The molecule has 1 aliphatic heterocycles. The van der Waals surface area contributed by atoms with Crippen LogP contribution in [0, 0.1) is 0 Å². The van der Waals surface area contributed by atoms with E-state index in [0.29, 0.717) is 22.5 Å². The zero-order valence-corrected chi connectivity index (χ0v) is 15.8. The second-order valence-corrected chi connectivity index (χ2v) is 7.29. The molecule has 0 aliphatic carbocycles. The molecule has 2 aromatic heterocycles. The quantitative estimate of drug-likeness (QED) is 0.663. The van der Waals surface area contributed by atoms with Gasteiger partial charge in [-0.2, -0.15) is 4.98 Å². The van der Waals surface area contributed by atoms with E-state index in [1.165, 1.54) is 50.5 Å². The van der Waals surface area contributed by atoms with Crippen molar-refractivity contribution in [2.24, 2.45) is 0 Å². The smallest absolute Gasteiger partial charge is 0.384 e. The second-order valence-electron chi connectivity index (χ2n) is 7.29. The first-order valence-electron chi connectivity index (χ1n) is 9.82. The molecule has 1 fully saturated rings. The lowest BCUT2D eigenvalue weighted by atomic mass is 10.1. The Labute approximate surface area is 163 Å². The number of anilines is 1. The molecule has 0 radical (unpaired) electrons. The summed E-state index contributed by atoms with van der Waals surface area (Å²) in [6, 6.07) is 12.0. The minimum absolute atomic E-state index is 0.194. The van der Waals surface area contributed by atoms with Gasteiger partial charge in [-0.1, -0.05) is 37.1 Å². The number of hydrogen-bond acceptors (Lipinski definition) is 6. The molecule has 7 nitrogen and oxygen atoms in total. The molecule has 0 bridgehead atoms. The van der Waals surface area contributed by atoms with Crippen molar-refractivity contribution < 1.29 is 5.21 Å². The Balaban J connectivity index is 1.49. The number of rotatable bonds is 5. The Hall–Kier alpha value is -2.93. The van der Waals surface area contributed by atoms with E-state index < -0.39 is 5.69 Å². The summed E-state index contributed by atoms with van der Waals surface area (Å²) in [5.41, 5.74) is 1.87. The summed E-state index contributed by atoms with van der Waals surface area (Å²) >= 11 is 0. The monoisotopic (exact) mass is 379 g/mol. The number of benzene rings is 1. The highest BCUT2D eigenvalue weighted by Gasteiger charge is 2.12. The molecule has 4 rings (SSSR count).